The molecule has 0 fully saturated rings. The van der Waals surface area contributed by atoms with Gasteiger partial charge < -0.3 is 19.7 Å². The van der Waals surface area contributed by atoms with E-state index in [0.717, 1.165) is 16.6 Å². The molecular formula is C31H37N5O4. The van der Waals surface area contributed by atoms with E-state index in [1.165, 1.54) is 7.11 Å². The number of carbonyl (C=O) groups excluding carboxylic acids is 2. The third kappa shape index (κ3) is 6.25. The monoisotopic (exact) mass is 543 g/mol. The normalized spacial score (nSPS) is 12.2. The molecule has 210 valence electrons. The Morgan fingerprint density at radius 2 is 1.73 bits per heavy atom. The molecule has 1 heterocycles. The highest BCUT2D eigenvalue weighted by Gasteiger charge is 2.37. The fourth-order valence-electron chi connectivity index (χ4n) is 4.53. The molecule has 2 amide bonds. The van der Waals surface area contributed by atoms with Crippen molar-refractivity contribution in [2.24, 2.45) is 0 Å². The van der Waals surface area contributed by atoms with E-state index in [2.05, 4.69) is 15.6 Å². The highest BCUT2D eigenvalue weighted by Crippen LogP contribution is 2.38. The summed E-state index contributed by atoms with van der Waals surface area (Å²) < 4.78 is 12.9. The molecule has 1 aromatic heterocycles. The van der Waals surface area contributed by atoms with E-state index >= 15 is 0 Å². The van der Waals surface area contributed by atoms with Crippen molar-refractivity contribution in [1.82, 2.24) is 25.2 Å². The Hall–Kier alpha value is -4.40. The van der Waals surface area contributed by atoms with Crippen LogP contribution in [0.2, 0.25) is 0 Å². The van der Waals surface area contributed by atoms with Crippen LogP contribution in [0.3, 0.4) is 0 Å². The summed E-state index contributed by atoms with van der Waals surface area (Å²) in [4.78, 5) is 30.0. The number of amides is 2. The van der Waals surface area contributed by atoms with Gasteiger partial charge in [0.2, 0.25) is 11.8 Å². The summed E-state index contributed by atoms with van der Waals surface area (Å²) in [6.45, 7) is 8.02. The summed E-state index contributed by atoms with van der Waals surface area (Å²) in [5, 5.41) is 11.6. The first-order valence-electron chi connectivity index (χ1n) is 13.3. The number of fused-ring (bicyclic) bond motifs is 1. The van der Waals surface area contributed by atoms with Crippen LogP contribution in [0.15, 0.2) is 66.7 Å². The quantitative estimate of drug-likeness (QED) is 0.291. The van der Waals surface area contributed by atoms with Crippen molar-refractivity contribution in [2.75, 3.05) is 14.2 Å². The molecular weight excluding hydrogens is 506 g/mol. The summed E-state index contributed by atoms with van der Waals surface area (Å²) in [5.74, 6) is 0.253. The summed E-state index contributed by atoms with van der Waals surface area (Å²) in [6.07, 6.45) is 0.706. The number of methoxy groups -OCH3 is 2. The predicted octanol–water partition coefficient (Wildman–Crippen LogP) is 4.83. The Morgan fingerprint density at radius 3 is 2.40 bits per heavy atom. The minimum Gasteiger partial charge on any atom is -0.493 e. The predicted molar refractivity (Wildman–Crippen MR) is 154 cm³/mol. The fourth-order valence-corrected chi connectivity index (χ4v) is 4.53. The van der Waals surface area contributed by atoms with Gasteiger partial charge in [-0.2, -0.15) is 0 Å². The van der Waals surface area contributed by atoms with Crippen LogP contribution < -0.4 is 14.8 Å². The molecule has 1 N–H and O–H groups in total. The molecule has 0 aliphatic heterocycles. The van der Waals surface area contributed by atoms with Crippen LogP contribution in [-0.4, -0.2) is 51.5 Å². The maximum Gasteiger partial charge on any atom is 0.248 e. The molecule has 3 aromatic carbocycles. The van der Waals surface area contributed by atoms with E-state index in [9.17, 15) is 9.59 Å². The molecule has 0 aliphatic carbocycles. The van der Waals surface area contributed by atoms with Crippen molar-refractivity contribution in [1.29, 1.82) is 0 Å². The average Bonchev–Trinajstić information content (AvgIpc) is 3.35. The van der Waals surface area contributed by atoms with Gasteiger partial charge in [-0.15, -0.1) is 5.10 Å². The van der Waals surface area contributed by atoms with E-state index in [1.54, 1.807) is 34.9 Å². The van der Waals surface area contributed by atoms with Crippen molar-refractivity contribution in [2.45, 2.75) is 58.8 Å². The van der Waals surface area contributed by atoms with E-state index in [1.807, 2.05) is 76.2 Å². The van der Waals surface area contributed by atoms with Crippen molar-refractivity contribution in [3.8, 4) is 11.5 Å². The van der Waals surface area contributed by atoms with Gasteiger partial charge in [-0.3, -0.25) is 9.59 Å². The van der Waals surface area contributed by atoms with Crippen LogP contribution in [0.5, 0.6) is 11.5 Å². The molecule has 9 nitrogen and oxygen atoms in total. The van der Waals surface area contributed by atoms with Crippen molar-refractivity contribution in [3.63, 3.8) is 0 Å². The average molecular weight is 544 g/mol. The third-order valence-corrected chi connectivity index (χ3v) is 7.13. The molecule has 1 atom stereocenters. The number of nitrogens with one attached hydrogen (secondary N) is 1. The van der Waals surface area contributed by atoms with E-state index in [0.29, 0.717) is 29.0 Å². The van der Waals surface area contributed by atoms with Gasteiger partial charge in [0.15, 0.2) is 11.5 Å². The molecule has 0 radical (unpaired) electrons. The molecule has 0 saturated carbocycles. The number of carbonyl (C=O) groups is 2. The van der Waals surface area contributed by atoms with Gasteiger partial charge in [0, 0.05) is 17.6 Å². The largest absolute Gasteiger partial charge is 0.493 e. The fraction of sp³-hybridized carbons (Fsp3) is 0.355. The van der Waals surface area contributed by atoms with Crippen LogP contribution in [0, 0.1) is 6.92 Å². The van der Waals surface area contributed by atoms with Gasteiger partial charge in [-0.05, 0) is 51.0 Å². The molecule has 40 heavy (non-hydrogen) atoms. The van der Waals surface area contributed by atoms with Crippen molar-refractivity contribution >= 4 is 22.8 Å². The zero-order valence-corrected chi connectivity index (χ0v) is 24.0. The van der Waals surface area contributed by atoms with E-state index in [4.69, 9.17) is 9.47 Å². The Balaban J connectivity index is 1.85. The number of benzene rings is 3. The van der Waals surface area contributed by atoms with Gasteiger partial charge in [-0.1, -0.05) is 66.2 Å². The van der Waals surface area contributed by atoms with E-state index < -0.39 is 11.6 Å². The highest BCUT2D eigenvalue weighted by atomic mass is 16.5. The molecule has 0 saturated heterocycles. The molecule has 1 unspecified atom stereocenters. The molecule has 0 spiro atoms. The highest BCUT2D eigenvalue weighted by molar-refractivity contribution is 5.90. The lowest BCUT2D eigenvalue weighted by atomic mass is 9.97. The number of ether oxygens (including phenoxy) is 2. The lowest BCUT2D eigenvalue weighted by Crippen LogP contribution is -2.50. The SMILES string of the molecule is CCC(C)(C)NC(=O)C(c1cccc(OC)c1OC)N(Cc1ccc(C)cc1)C(=O)Cn1nnc2ccccc21. The number of para-hydroxylation sites is 2. The first-order chi connectivity index (χ1) is 19.2. The van der Waals surface area contributed by atoms with Crippen LogP contribution in [-0.2, 0) is 22.7 Å². The van der Waals surface area contributed by atoms with Gasteiger partial charge in [-0.25, -0.2) is 4.68 Å². The molecule has 9 heteroatoms. The van der Waals surface area contributed by atoms with Crippen LogP contribution in [0.4, 0.5) is 0 Å². The second-order valence-electron chi connectivity index (χ2n) is 10.5. The smallest absolute Gasteiger partial charge is 0.248 e. The van der Waals surface area contributed by atoms with Gasteiger partial charge in [0.25, 0.3) is 0 Å². The number of nitrogens with zero attached hydrogens (tertiary/aromatic N) is 4. The Kier molecular flexibility index (Phi) is 8.72. The lowest BCUT2D eigenvalue weighted by molar-refractivity contribution is -0.143. The third-order valence-electron chi connectivity index (χ3n) is 7.13. The van der Waals surface area contributed by atoms with Crippen molar-refractivity contribution < 1.29 is 19.1 Å². The molecule has 4 rings (SSSR count). The van der Waals surface area contributed by atoms with Gasteiger partial charge in [0.05, 0.1) is 19.7 Å². The Morgan fingerprint density at radius 1 is 1.00 bits per heavy atom. The number of hydrogen-bond donors (Lipinski definition) is 1. The van der Waals surface area contributed by atoms with Crippen molar-refractivity contribution in [3.05, 3.63) is 83.4 Å². The zero-order chi connectivity index (χ0) is 28.9. The summed E-state index contributed by atoms with van der Waals surface area (Å²) in [5.41, 5.74) is 3.44. The van der Waals surface area contributed by atoms with E-state index in [-0.39, 0.29) is 24.9 Å². The first kappa shape index (κ1) is 28.6. The van der Waals surface area contributed by atoms with Crippen LogP contribution >= 0.6 is 0 Å². The summed E-state index contributed by atoms with van der Waals surface area (Å²) in [7, 11) is 3.07. The second-order valence-corrected chi connectivity index (χ2v) is 10.5. The molecule has 0 bridgehead atoms. The first-order valence-corrected chi connectivity index (χ1v) is 13.3. The number of hydrogen-bond acceptors (Lipinski definition) is 6. The van der Waals surface area contributed by atoms with Gasteiger partial charge >= 0.3 is 0 Å². The minimum absolute atomic E-state index is 0.0976. The Bertz CT molecular complexity index is 1480. The zero-order valence-electron chi connectivity index (χ0n) is 24.0. The number of aryl methyl sites for hydroxylation is 1. The standard InChI is InChI=1S/C31H37N5O4/c1-7-31(3,4)32-30(38)28(23-11-10-14-26(39-5)29(23)40-6)35(19-22-17-15-21(2)16-18-22)27(37)20-36-25-13-9-8-12-24(25)33-34-36/h8-18,28H,7,19-20H2,1-6H3,(H,32,38). The molecule has 4 aromatic rings. The minimum atomic E-state index is -1.01. The number of rotatable bonds is 11. The summed E-state index contributed by atoms with van der Waals surface area (Å²) >= 11 is 0. The maximum atomic E-state index is 14.2. The maximum absolute atomic E-state index is 14.2. The summed E-state index contributed by atoms with van der Waals surface area (Å²) in [6, 6.07) is 19.7. The molecule has 0 aliphatic rings. The second kappa shape index (κ2) is 12.2. The van der Waals surface area contributed by atoms with Crippen LogP contribution in [0.25, 0.3) is 11.0 Å². The Labute approximate surface area is 235 Å². The topological polar surface area (TPSA) is 98.6 Å². The lowest BCUT2D eigenvalue weighted by Gasteiger charge is -2.35. The van der Waals surface area contributed by atoms with Gasteiger partial charge in [0.1, 0.15) is 18.1 Å². The van der Waals surface area contributed by atoms with Crippen LogP contribution in [0.1, 0.15) is 49.9 Å². The number of aromatic nitrogens is 3.